The lowest BCUT2D eigenvalue weighted by Crippen LogP contribution is -2.27. The molecular formula is C30H38N3O6S-. The highest BCUT2D eigenvalue weighted by atomic mass is 32.2. The highest BCUT2D eigenvalue weighted by molar-refractivity contribution is 7.76. The summed E-state index contributed by atoms with van der Waals surface area (Å²) in [5.41, 5.74) is 4.29. The van der Waals surface area contributed by atoms with Crippen LogP contribution in [0.1, 0.15) is 97.3 Å². The molecule has 1 atom stereocenters. The van der Waals surface area contributed by atoms with Crippen LogP contribution in [0.2, 0.25) is 0 Å². The van der Waals surface area contributed by atoms with E-state index in [2.05, 4.69) is 5.32 Å². The molecule has 0 radical (unpaired) electrons. The number of aliphatic carboxylic acids is 1. The third-order valence-corrected chi connectivity index (χ3v) is 8.15. The second-order valence-electron chi connectivity index (χ2n) is 10.6. The fourth-order valence-corrected chi connectivity index (χ4v) is 5.54. The maximum Gasteiger partial charge on any atom is 0.303 e. The molecule has 1 unspecified atom stereocenters. The van der Waals surface area contributed by atoms with Crippen molar-refractivity contribution in [3.63, 3.8) is 0 Å². The van der Waals surface area contributed by atoms with Gasteiger partial charge in [0, 0.05) is 36.8 Å². The number of aryl methyl sites for hydroxylation is 1. The van der Waals surface area contributed by atoms with Crippen molar-refractivity contribution in [2.45, 2.75) is 83.6 Å². The second-order valence-corrected chi connectivity index (χ2v) is 11.6. The first-order valence-corrected chi connectivity index (χ1v) is 15.1. The summed E-state index contributed by atoms with van der Waals surface area (Å²) >= 11 is -2.40. The van der Waals surface area contributed by atoms with Gasteiger partial charge in [0.1, 0.15) is 5.76 Å². The van der Waals surface area contributed by atoms with Gasteiger partial charge in [0.05, 0.1) is 23.2 Å². The fraction of sp³-hybridized carbons (Fsp3) is 0.500. The molecule has 0 bridgehead atoms. The Bertz CT molecular complexity index is 1350. The number of furan rings is 1. The number of nitrogens with zero attached hydrogens (tertiary/aromatic N) is 2. The van der Waals surface area contributed by atoms with E-state index in [4.69, 9.17) is 14.5 Å². The SMILES string of the molecule is CNC(=O)c1c(-c2ccc(C)cc2)oc2nc(CN(CCCCCCCCCC(=O)O)S(=O)[O-])c(C3CC3)cc12. The molecule has 0 spiro atoms. The van der Waals surface area contributed by atoms with Crippen LogP contribution in [0.15, 0.2) is 34.7 Å². The number of carbonyl (C=O) groups excluding carboxylic acids is 1. The number of unbranched alkanes of at least 4 members (excludes halogenated alkanes) is 6. The van der Waals surface area contributed by atoms with E-state index in [1.54, 1.807) is 7.05 Å². The van der Waals surface area contributed by atoms with Crippen molar-refractivity contribution in [3.8, 4) is 11.3 Å². The van der Waals surface area contributed by atoms with Crippen molar-refractivity contribution in [1.29, 1.82) is 0 Å². The zero-order chi connectivity index (χ0) is 28.6. The van der Waals surface area contributed by atoms with Gasteiger partial charge in [0.15, 0.2) is 0 Å². The Labute approximate surface area is 237 Å². The normalized spacial score (nSPS) is 14.1. The number of nitrogens with one attached hydrogen (secondary N) is 1. The first kappa shape index (κ1) is 29.9. The summed E-state index contributed by atoms with van der Waals surface area (Å²) in [4.78, 5) is 28.3. The van der Waals surface area contributed by atoms with Crippen LogP contribution >= 0.6 is 0 Å². The molecule has 4 rings (SSSR count). The van der Waals surface area contributed by atoms with Crippen LogP contribution in [-0.4, -0.2) is 48.6 Å². The number of carboxylic acids is 1. The van der Waals surface area contributed by atoms with E-state index in [9.17, 15) is 18.4 Å². The van der Waals surface area contributed by atoms with Crippen molar-refractivity contribution in [3.05, 3.63) is 52.7 Å². The molecule has 9 nitrogen and oxygen atoms in total. The number of fused-ring (bicyclic) bond motifs is 1. The average molecular weight is 569 g/mol. The lowest BCUT2D eigenvalue weighted by atomic mass is 10.0. The number of amides is 1. The number of carbonyl (C=O) groups is 2. The van der Waals surface area contributed by atoms with Gasteiger partial charge in [0.25, 0.3) is 5.91 Å². The molecule has 2 heterocycles. The van der Waals surface area contributed by atoms with Gasteiger partial charge in [-0.2, -0.15) is 0 Å². The summed E-state index contributed by atoms with van der Waals surface area (Å²) < 4.78 is 31.8. The Morgan fingerprint density at radius 1 is 1.10 bits per heavy atom. The minimum absolute atomic E-state index is 0.156. The van der Waals surface area contributed by atoms with Crippen molar-refractivity contribution < 1.29 is 27.9 Å². The fourth-order valence-electron chi connectivity index (χ4n) is 5.03. The highest BCUT2D eigenvalue weighted by Crippen LogP contribution is 2.44. The van der Waals surface area contributed by atoms with Crippen LogP contribution in [0, 0.1) is 6.92 Å². The number of benzene rings is 1. The van der Waals surface area contributed by atoms with Crippen LogP contribution in [0.3, 0.4) is 0 Å². The standard InChI is InChI=1S/C30H39N3O6S/c1-20-11-13-22(14-12-20)28-27(29(36)31-2)24-18-23(21-15-16-21)25(32-30(24)39-28)19-33(40(37)38)17-9-7-5-3-4-6-8-10-26(34)35/h11-14,18,21H,3-10,15-17,19H2,1-2H3,(H,31,36)(H,34,35)(H,37,38)/p-1. The molecule has 40 heavy (non-hydrogen) atoms. The number of hydrogen-bond donors (Lipinski definition) is 2. The van der Waals surface area contributed by atoms with E-state index in [1.165, 1.54) is 4.31 Å². The van der Waals surface area contributed by atoms with Gasteiger partial charge in [-0.05, 0) is 50.2 Å². The summed E-state index contributed by atoms with van der Waals surface area (Å²) in [6.07, 6.45) is 8.46. The summed E-state index contributed by atoms with van der Waals surface area (Å²) in [7, 11) is 1.59. The van der Waals surface area contributed by atoms with Crippen LogP contribution in [0.5, 0.6) is 0 Å². The first-order chi connectivity index (χ1) is 19.3. The molecule has 0 saturated heterocycles. The number of aromatic nitrogens is 1. The van der Waals surface area contributed by atoms with Crippen LogP contribution in [0.4, 0.5) is 0 Å². The molecule has 1 aliphatic rings. The molecule has 0 aliphatic heterocycles. The molecule has 216 valence electrons. The van der Waals surface area contributed by atoms with Crippen molar-refractivity contribution in [2.75, 3.05) is 13.6 Å². The number of hydrogen-bond acceptors (Lipinski definition) is 6. The third-order valence-electron chi connectivity index (χ3n) is 7.42. The number of carboxylic acid groups (broad SMARTS) is 1. The van der Waals surface area contributed by atoms with Gasteiger partial charge < -0.3 is 19.4 Å². The van der Waals surface area contributed by atoms with Crippen molar-refractivity contribution in [1.82, 2.24) is 14.6 Å². The zero-order valence-electron chi connectivity index (χ0n) is 23.2. The lowest BCUT2D eigenvalue weighted by Gasteiger charge is -2.24. The van der Waals surface area contributed by atoms with Gasteiger partial charge in [-0.3, -0.25) is 13.8 Å². The van der Waals surface area contributed by atoms with Gasteiger partial charge in [-0.15, -0.1) is 0 Å². The van der Waals surface area contributed by atoms with Gasteiger partial charge >= 0.3 is 5.97 Å². The summed E-state index contributed by atoms with van der Waals surface area (Å²) in [6.45, 7) is 2.55. The molecule has 1 fully saturated rings. The average Bonchev–Trinajstić information content (AvgIpc) is 3.71. The smallest absolute Gasteiger partial charge is 0.303 e. The maximum atomic E-state index is 13.0. The predicted molar refractivity (Wildman–Crippen MR) is 153 cm³/mol. The molecule has 1 aliphatic carbocycles. The molecule has 1 aromatic carbocycles. The summed E-state index contributed by atoms with van der Waals surface area (Å²) in [5.74, 6) is -0.261. The monoisotopic (exact) mass is 568 g/mol. The Morgan fingerprint density at radius 3 is 2.35 bits per heavy atom. The zero-order valence-corrected chi connectivity index (χ0v) is 24.1. The van der Waals surface area contributed by atoms with E-state index in [-0.39, 0.29) is 18.9 Å². The first-order valence-electron chi connectivity index (χ1n) is 14.1. The lowest BCUT2D eigenvalue weighted by molar-refractivity contribution is -0.137. The number of rotatable bonds is 16. The molecule has 2 aromatic heterocycles. The Kier molecular flexibility index (Phi) is 10.5. The second kappa shape index (κ2) is 14.0. The van der Waals surface area contributed by atoms with Crippen LogP contribution in [-0.2, 0) is 22.6 Å². The Morgan fingerprint density at radius 2 is 1.75 bits per heavy atom. The van der Waals surface area contributed by atoms with Gasteiger partial charge in [0.2, 0.25) is 5.71 Å². The van der Waals surface area contributed by atoms with E-state index in [0.29, 0.717) is 47.0 Å². The van der Waals surface area contributed by atoms with E-state index in [0.717, 1.165) is 68.1 Å². The molecule has 10 heteroatoms. The van der Waals surface area contributed by atoms with Crippen molar-refractivity contribution in [2.24, 2.45) is 0 Å². The van der Waals surface area contributed by atoms with E-state index < -0.39 is 17.2 Å². The Hall–Kier alpha value is -3.08. The maximum absolute atomic E-state index is 13.0. The summed E-state index contributed by atoms with van der Waals surface area (Å²) in [6, 6.07) is 9.73. The van der Waals surface area contributed by atoms with E-state index in [1.807, 2.05) is 37.3 Å². The molecule has 2 N–H and O–H groups in total. The molecule has 1 amide bonds. The third kappa shape index (κ3) is 7.77. The van der Waals surface area contributed by atoms with Gasteiger partial charge in [-0.1, -0.05) is 61.9 Å². The highest BCUT2D eigenvalue weighted by Gasteiger charge is 2.31. The molecular weight excluding hydrogens is 530 g/mol. The molecule has 1 saturated carbocycles. The topological polar surface area (TPSA) is 136 Å². The minimum atomic E-state index is -2.40. The summed E-state index contributed by atoms with van der Waals surface area (Å²) in [5, 5.41) is 12.1. The quantitative estimate of drug-likeness (QED) is 0.164. The van der Waals surface area contributed by atoms with Crippen LogP contribution in [0.25, 0.3) is 22.4 Å². The van der Waals surface area contributed by atoms with E-state index >= 15 is 0 Å². The largest absolute Gasteiger partial charge is 0.760 e. The molecule has 3 aromatic rings. The Balaban J connectivity index is 1.49. The minimum Gasteiger partial charge on any atom is -0.760 e. The van der Waals surface area contributed by atoms with Crippen molar-refractivity contribution >= 4 is 34.2 Å². The number of pyridine rings is 1. The van der Waals surface area contributed by atoms with Crippen LogP contribution < -0.4 is 5.32 Å². The van der Waals surface area contributed by atoms with Gasteiger partial charge in [-0.25, -0.2) is 9.29 Å². The predicted octanol–water partition coefficient (Wildman–Crippen LogP) is 5.84.